The fourth-order valence-electron chi connectivity index (χ4n) is 3.09. The molecule has 3 rings (SSSR count). The fraction of sp³-hybridized carbons (Fsp3) is 0.353. The number of carbonyl (C=O) groups is 1. The van der Waals surface area contributed by atoms with E-state index in [-0.39, 0.29) is 12.0 Å². The second-order valence-electron chi connectivity index (χ2n) is 5.75. The molecule has 4 heteroatoms. The molecule has 0 heterocycles. The van der Waals surface area contributed by atoms with Gasteiger partial charge in [0.2, 0.25) is 0 Å². The summed E-state index contributed by atoms with van der Waals surface area (Å²) in [4.78, 5) is 11.1. The van der Waals surface area contributed by atoms with Gasteiger partial charge in [-0.1, -0.05) is 34.5 Å². The standard InChI is InChI=1S/C17H18BrNO2/c18-14-6-4-12-9-16(7-5-11(12)8-14)19-15-3-1-2-13(10-15)17(20)21/h4-9,13,15,19H,1-3,10H2,(H,20,21). The molecular formula is C17H18BrNO2. The molecule has 21 heavy (non-hydrogen) atoms. The van der Waals surface area contributed by atoms with Crippen molar-refractivity contribution in [3.63, 3.8) is 0 Å². The molecule has 2 atom stereocenters. The SMILES string of the molecule is O=C(O)C1CCCC(Nc2ccc3cc(Br)ccc3c2)C1. The highest BCUT2D eigenvalue weighted by Gasteiger charge is 2.26. The van der Waals surface area contributed by atoms with Crippen LogP contribution in [-0.2, 0) is 4.79 Å². The Morgan fingerprint density at radius 2 is 1.90 bits per heavy atom. The Morgan fingerprint density at radius 1 is 1.14 bits per heavy atom. The molecule has 2 unspecified atom stereocenters. The van der Waals surface area contributed by atoms with Crippen molar-refractivity contribution < 1.29 is 9.90 Å². The number of anilines is 1. The van der Waals surface area contributed by atoms with Crippen molar-refractivity contribution in [2.24, 2.45) is 5.92 Å². The molecule has 1 saturated carbocycles. The summed E-state index contributed by atoms with van der Waals surface area (Å²) >= 11 is 3.48. The summed E-state index contributed by atoms with van der Waals surface area (Å²) in [6, 6.07) is 12.8. The van der Waals surface area contributed by atoms with Gasteiger partial charge in [0.05, 0.1) is 5.92 Å². The molecular weight excluding hydrogens is 330 g/mol. The first-order valence-corrected chi connectivity index (χ1v) is 8.10. The molecule has 2 aromatic rings. The summed E-state index contributed by atoms with van der Waals surface area (Å²) in [7, 11) is 0. The second-order valence-corrected chi connectivity index (χ2v) is 6.66. The van der Waals surface area contributed by atoms with Gasteiger partial charge in [-0.05, 0) is 54.3 Å². The number of halogens is 1. The van der Waals surface area contributed by atoms with Crippen molar-refractivity contribution in [2.45, 2.75) is 31.7 Å². The summed E-state index contributed by atoms with van der Waals surface area (Å²) in [5, 5.41) is 15.0. The first-order chi connectivity index (χ1) is 10.1. The van der Waals surface area contributed by atoms with E-state index in [1.165, 1.54) is 10.8 Å². The fourth-order valence-corrected chi connectivity index (χ4v) is 3.47. The third kappa shape index (κ3) is 3.38. The van der Waals surface area contributed by atoms with E-state index in [2.05, 4.69) is 51.6 Å². The van der Waals surface area contributed by atoms with Crippen LogP contribution in [0, 0.1) is 5.92 Å². The highest BCUT2D eigenvalue weighted by molar-refractivity contribution is 9.10. The average Bonchev–Trinajstić information content (AvgIpc) is 2.48. The first kappa shape index (κ1) is 14.4. The van der Waals surface area contributed by atoms with Crippen LogP contribution in [0.4, 0.5) is 5.69 Å². The molecule has 2 N–H and O–H groups in total. The number of nitrogens with one attached hydrogen (secondary N) is 1. The van der Waals surface area contributed by atoms with Crippen LogP contribution in [0.15, 0.2) is 40.9 Å². The molecule has 110 valence electrons. The molecule has 2 aromatic carbocycles. The Kier molecular flexibility index (Phi) is 4.15. The third-order valence-electron chi connectivity index (χ3n) is 4.20. The van der Waals surface area contributed by atoms with Crippen LogP contribution in [-0.4, -0.2) is 17.1 Å². The molecule has 1 aliphatic rings. The summed E-state index contributed by atoms with van der Waals surface area (Å²) in [5.41, 5.74) is 1.07. The number of carboxylic acid groups (broad SMARTS) is 1. The minimum Gasteiger partial charge on any atom is -0.481 e. The molecule has 0 saturated heterocycles. The minimum atomic E-state index is -0.662. The van der Waals surface area contributed by atoms with Crippen molar-refractivity contribution in [3.8, 4) is 0 Å². The highest BCUT2D eigenvalue weighted by Crippen LogP contribution is 2.28. The normalized spacial score (nSPS) is 22.1. The third-order valence-corrected chi connectivity index (χ3v) is 4.69. The van der Waals surface area contributed by atoms with Crippen molar-refractivity contribution in [1.29, 1.82) is 0 Å². The van der Waals surface area contributed by atoms with Gasteiger partial charge in [-0.2, -0.15) is 0 Å². The van der Waals surface area contributed by atoms with E-state index in [9.17, 15) is 4.79 Å². The van der Waals surface area contributed by atoms with E-state index in [1.807, 2.05) is 6.07 Å². The summed E-state index contributed by atoms with van der Waals surface area (Å²) < 4.78 is 1.08. The van der Waals surface area contributed by atoms with Crippen LogP contribution in [0.2, 0.25) is 0 Å². The Bertz CT molecular complexity index is 671. The van der Waals surface area contributed by atoms with Gasteiger partial charge in [0.1, 0.15) is 0 Å². The summed E-state index contributed by atoms with van der Waals surface area (Å²) in [5.74, 6) is -0.863. The first-order valence-electron chi connectivity index (χ1n) is 7.30. The van der Waals surface area contributed by atoms with Crippen molar-refractivity contribution in [3.05, 3.63) is 40.9 Å². The predicted octanol–water partition coefficient (Wildman–Crippen LogP) is 4.66. The van der Waals surface area contributed by atoms with E-state index >= 15 is 0 Å². The average molecular weight is 348 g/mol. The van der Waals surface area contributed by atoms with Gasteiger partial charge >= 0.3 is 5.97 Å². The molecule has 1 aliphatic carbocycles. The lowest BCUT2D eigenvalue weighted by molar-refractivity contribution is -0.142. The van der Waals surface area contributed by atoms with Gasteiger partial charge in [-0.25, -0.2) is 0 Å². The molecule has 0 aliphatic heterocycles. The van der Waals surface area contributed by atoms with Gasteiger partial charge in [0, 0.05) is 16.2 Å². The molecule has 0 spiro atoms. The van der Waals surface area contributed by atoms with Gasteiger partial charge < -0.3 is 10.4 Å². The zero-order valence-electron chi connectivity index (χ0n) is 11.7. The van der Waals surface area contributed by atoms with Gasteiger partial charge in [-0.15, -0.1) is 0 Å². The van der Waals surface area contributed by atoms with Crippen LogP contribution < -0.4 is 5.32 Å². The Labute approximate surface area is 132 Å². The van der Waals surface area contributed by atoms with Crippen LogP contribution in [0.1, 0.15) is 25.7 Å². The highest BCUT2D eigenvalue weighted by atomic mass is 79.9. The monoisotopic (exact) mass is 347 g/mol. The van der Waals surface area contributed by atoms with Gasteiger partial charge in [0.25, 0.3) is 0 Å². The lowest BCUT2D eigenvalue weighted by Crippen LogP contribution is -2.30. The molecule has 1 fully saturated rings. The number of fused-ring (bicyclic) bond motifs is 1. The molecule has 0 aromatic heterocycles. The zero-order chi connectivity index (χ0) is 14.8. The van der Waals surface area contributed by atoms with Crippen LogP contribution in [0.25, 0.3) is 10.8 Å². The Morgan fingerprint density at radius 3 is 2.71 bits per heavy atom. The van der Waals surface area contributed by atoms with E-state index in [0.717, 1.165) is 29.4 Å². The molecule has 0 bridgehead atoms. The maximum absolute atomic E-state index is 11.1. The molecule has 3 nitrogen and oxygen atoms in total. The van der Waals surface area contributed by atoms with Crippen molar-refractivity contribution in [2.75, 3.05) is 5.32 Å². The number of rotatable bonds is 3. The van der Waals surface area contributed by atoms with Gasteiger partial charge in [0.15, 0.2) is 0 Å². The Hall–Kier alpha value is -1.55. The summed E-state index contributed by atoms with van der Waals surface area (Å²) in [6.07, 6.45) is 3.55. The zero-order valence-corrected chi connectivity index (χ0v) is 13.3. The predicted molar refractivity (Wildman–Crippen MR) is 88.7 cm³/mol. The maximum Gasteiger partial charge on any atom is 0.306 e. The lowest BCUT2D eigenvalue weighted by Gasteiger charge is -2.28. The van der Waals surface area contributed by atoms with Gasteiger partial charge in [-0.3, -0.25) is 4.79 Å². The van der Waals surface area contributed by atoms with E-state index in [1.54, 1.807) is 0 Å². The quantitative estimate of drug-likeness (QED) is 0.848. The number of benzene rings is 2. The number of carboxylic acids is 1. The maximum atomic E-state index is 11.1. The summed E-state index contributed by atoms with van der Waals surface area (Å²) in [6.45, 7) is 0. The minimum absolute atomic E-state index is 0.201. The number of hydrogen-bond donors (Lipinski definition) is 2. The van der Waals surface area contributed by atoms with Crippen LogP contribution in [0.5, 0.6) is 0 Å². The topological polar surface area (TPSA) is 49.3 Å². The molecule has 0 amide bonds. The molecule has 0 radical (unpaired) electrons. The van der Waals surface area contributed by atoms with Crippen molar-refractivity contribution in [1.82, 2.24) is 0 Å². The van der Waals surface area contributed by atoms with Crippen LogP contribution in [0.3, 0.4) is 0 Å². The lowest BCUT2D eigenvalue weighted by atomic mass is 9.85. The van der Waals surface area contributed by atoms with E-state index < -0.39 is 5.97 Å². The van der Waals surface area contributed by atoms with E-state index in [0.29, 0.717) is 6.42 Å². The smallest absolute Gasteiger partial charge is 0.306 e. The number of aliphatic carboxylic acids is 1. The second kappa shape index (κ2) is 6.06. The van der Waals surface area contributed by atoms with Crippen molar-refractivity contribution >= 4 is 38.4 Å². The number of hydrogen-bond acceptors (Lipinski definition) is 2. The largest absolute Gasteiger partial charge is 0.481 e. The van der Waals surface area contributed by atoms with E-state index in [4.69, 9.17) is 5.11 Å². The Balaban J connectivity index is 1.75. The van der Waals surface area contributed by atoms with Crippen LogP contribution >= 0.6 is 15.9 Å².